The van der Waals surface area contributed by atoms with Crippen LogP contribution in [-0.4, -0.2) is 43.6 Å². The van der Waals surface area contributed by atoms with Crippen LogP contribution in [0.2, 0.25) is 0 Å². The monoisotopic (exact) mass is 331 g/mol. The molecule has 1 aliphatic rings. The molecule has 24 heavy (non-hydrogen) atoms. The van der Waals surface area contributed by atoms with Gasteiger partial charge in [-0.3, -0.25) is 9.59 Å². The van der Waals surface area contributed by atoms with Crippen LogP contribution in [0.25, 0.3) is 6.08 Å². The summed E-state index contributed by atoms with van der Waals surface area (Å²) in [4.78, 5) is 26.0. The van der Waals surface area contributed by atoms with Crippen molar-refractivity contribution in [3.05, 3.63) is 35.4 Å². The third kappa shape index (κ3) is 4.60. The number of carbonyl (C=O) groups is 2. The number of carbonyl (C=O) groups excluding carboxylic acids is 2. The largest absolute Gasteiger partial charge is 0.496 e. The Hall–Kier alpha value is -2.30. The summed E-state index contributed by atoms with van der Waals surface area (Å²) in [5.74, 6) is 0.212. The van der Waals surface area contributed by atoms with E-state index in [1.54, 1.807) is 31.1 Å². The fraction of sp³-hybridized carbons (Fsp3) is 0.474. The maximum absolute atomic E-state index is 12.4. The van der Waals surface area contributed by atoms with Gasteiger partial charge >= 0.3 is 5.97 Å². The number of piperidine rings is 1. The van der Waals surface area contributed by atoms with E-state index in [1.807, 2.05) is 25.1 Å². The van der Waals surface area contributed by atoms with E-state index in [4.69, 9.17) is 9.47 Å². The number of nitrogens with zero attached hydrogens (tertiary/aromatic N) is 1. The Bertz CT molecular complexity index is 624. The summed E-state index contributed by atoms with van der Waals surface area (Å²) in [5.41, 5.74) is 1.97. The molecule has 1 aromatic carbocycles. The first-order valence-corrected chi connectivity index (χ1v) is 8.33. The zero-order chi connectivity index (χ0) is 17.5. The van der Waals surface area contributed by atoms with Crippen LogP contribution >= 0.6 is 0 Å². The van der Waals surface area contributed by atoms with Gasteiger partial charge in [0, 0.05) is 24.7 Å². The van der Waals surface area contributed by atoms with Crippen molar-refractivity contribution in [2.45, 2.75) is 26.7 Å². The number of hydrogen-bond donors (Lipinski definition) is 0. The van der Waals surface area contributed by atoms with E-state index in [-0.39, 0.29) is 17.8 Å². The SMILES string of the molecule is CCOC(=O)C1CCCN(C(=O)/C=C/c2cc(C)ccc2OC)C1. The van der Waals surface area contributed by atoms with Gasteiger partial charge in [-0.1, -0.05) is 11.6 Å². The van der Waals surface area contributed by atoms with Crippen LogP contribution in [0.1, 0.15) is 30.9 Å². The highest BCUT2D eigenvalue weighted by atomic mass is 16.5. The molecule has 1 fully saturated rings. The van der Waals surface area contributed by atoms with Gasteiger partial charge in [0.15, 0.2) is 0 Å². The third-order valence-corrected chi connectivity index (χ3v) is 4.14. The quantitative estimate of drug-likeness (QED) is 0.615. The molecule has 1 amide bonds. The molecule has 5 nitrogen and oxygen atoms in total. The van der Waals surface area contributed by atoms with Crippen molar-refractivity contribution in [1.29, 1.82) is 0 Å². The van der Waals surface area contributed by atoms with Crippen LogP contribution in [0.4, 0.5) is 0 Å². The Morgan fingerprint density at radius 3 is 2.88 bits per heavy atom. The molecule has 1 aliphatic heterocycles. The van der Waals surface area contributed by atoms with Gasteiger partial charge in [-0.15, -0.1) is 0 Å². The number of ether oxygens (including phenoxy) is 2. The van der Waals surface area contributed by atoms with Crippen molar-refractivity contribution < 1.29 is 19.1 Å². The van der Waals surface area contributed by atoms with Crippen LogP contribution in [0.5, 0.6) is 5.75 Å². The van der Waals surface area contributed by atoms with Crippen LogP contribution in [-0.2, 0) is 14.3 Å². The van der Waals surface area contributed by atoms with Gasteiger partial charge in [0.2, 0.25) is 5.91 Å². The Kier molecular flexibility index (Phi) is 6.41. The first-order valence-electron chi connectivity index (χ1n) is 8.33. The molecule has 0 N–H and O–H groups in total. The van der Waals surface area contributed by atoms with E-state index in [1.165, 1.54) is 0 Å². The summed E-state index contributed by atoms with van der Waals surface area (Å²) in [7, 11) is 1.61. The number of esters is 1. The predicted octanol–water partition coefficient (Wildman–Crippen LogP) is 2.82. The minimum absolute atomic E-state index is 0.0902. The van der Waals surface area contributed by atoms with Crippen LogP contribution in [0, 0.1) is 12.8 Å². The lowest BCUT2D eigenvalue weighted by Crippen LogP contribution is -2.42. The molecule has 0 saturated carbocycles. The van der Waals surface area contributed by atoms with E-state index < -0.39 is 0 Å². The second-order valence-electron chi connectivity index (χ2n) is 5.95. The van der Waals surface area contributed by atoms with E-state index in [0.717, 1.165) is 29.7 Å². The van der Waals surface area contributed by atoms with Crippen molar-refractivity contribution in [3.63, 3.8) is 0 Å². The summed E-state index contributed by atoms with van der Waals surface area (Å²) in [6, 6.07) is 5.82. The molecule has 1 aromatic rings. The average Bonchev–Trinajstić information content (AvgIpc) is 2.60. The molecule has 0 aromatic heterocycles. The predicted molar refractivity (Wildman–Crippen MR) is 92.7 cm³/mol. The van der Waals surface area contributed by atoms with E-state index in [0.29, 0.717) is 19.7 Å². The third-order valence-electron chi connectivity index (χ3n) is 4.14. The van der Waals surface area contributed by atoms with Gasteiger partial charge in [-0.2, -0.15) is 0 Å². The van der Waals surface area contributed by atoms with Gasteiger partial charge in [0.1, 0.15) is 5.75 Å². The van der Waals surface area contributed by atoms with E-state index in [2.05, 4.69) is 0 Å². The highest BCUT2D eigenvalue weighted by Crippen LogP contribution is 2.22. The summed E-state index contributed by atoms with van der Waals surface area (Å²) in [6.07, 6.45) is 4.90. The second-order valence-corrected chi connectivity index (χ2v) is 5.95. The first kappa shape index (κ1) is 18.0. The maximum atomic E-state index is 12.4. The fourth-order valence-corrected chi connectivity index (χ4v) is 2.88. The van der Waals surface area contributed by atoms with Gasteiger partial charge in [-0.05, 0) is 44.9 Å². The first-order chi connectivity index (χ1) is 11.5. The summed E-state index contributed by atoms with van der Waals surface area (Å²) in [5, 5.41) is 0. The van der Waals surface area contributed by atoms with Gasteiger partial charge in [0.25, 0.3) is 0 Å². The van der Waals surface area contributed by atoms with Gasteiger partial charge in [0.05, 0.1) is 19.6 Å². The standard InChI is InChI=1S/C19H25NO4/c1-4-24-19(22)16-6-5-11-20(13-16)18(21)10-8-15-12-14(2)7-9-17(15)23-3/h7-10,12,16H,4-6,11,13H2,1-3H3/b10-8+. The van der Waals surface area contributed by atoms with Crippen LogP contribution < -0.4 is 4.74 Å². The second kappa shape index (κ2) is 8.52. The van der Waals surface area contributed by atoms with E-state index in [9.17, 15) is 9.59 Å². The number of rotatable bonds is 5. The minimum atomic E-state index is -0.218. The highest BCUT2D eigenvalue weighted by molar-refractivity contribution is 5.92. The van der Waals surface area contributed by atoms with Gasteiger partial charge in [-0.25, -0.2) is 0 Å². The highest BCUT2D eigenvalue weighted by Gasteiger charge is 2.28. The van der Waals surface area contributed by atoms with Crippen molar-refractivity contribution in [2.75, 3.05) is 26.8 Å². The molecular formula is C19H25NO4. The summed E-state index contributed by atoms with van der Waals surface area (Å²) in [6.45, 7) is 5.25. The summed E-state index contributed by atoms with van der Waals surface area (Å²) >= 11 is 0. The average molecular weight is 331 g/mol. The zero-order valence-corrected chi connectivity index (χ0v) is 14.6. The van der Waals surface area contributed by atoms with Crippen molar-refractivity contribution >= 4 is 18.0 Å². The molecule has 0 spiro atoms. The molecule has 2 rings (SSSR count). The molecule has 0 bridgehead atoms. The van der Waals surface area contributed by atoms with Gasteiger partial charge < -0.3 is 14.4 Å². The van der Waals surface area contributed by atoms with Crippen molar-refractivity contribution in [1.82, 2.24) is 4.90 Å². The molecule has 130 valence electrons. The number of methoxy groups -OCH3 is 1. The zero-order valence-electron chi connectivity index (χ0n) is 14.6. The van der Waals surface area contributed by atoms with E-state index >= 15 is 0 Å². The number of likely N-dealkylation sites (tertiary alicyclic amines) is 1. The molecule has 0 aliphatic carbocycles. The topological polar surface area (TPSA) is 55.8 Å². The molecule has 1 unspecified atom stereocenters. The van der Waals surface area contributed by atoms with Crippen molar-refractivity contribution in [3.8, 4) is 5.75 Å². The van der Waals surface area contributed by atoms with Crippen molar-refractivity contribution in [2.24, 2.45) is 5.92 Å². The number of benzene rings is 1. The molecular weight excluding hydrogens is 306 g/mol. The Labute approximate surface area is 143 Å². The molecule has 5 heteroatoms. The Balaban J connectivity index is 2.04. The normalized spacial score (nSPS) is 17.8. The lowest BCUT2D eigenvalue weighted by Gasteiger charge is -2.30. The number of aryl methyl sites for hydroxylation is 1. The minimum Gasteiger partial charge on any atom is -0.496 e. The number of amides is 1. The number of hydrogen-bond acceptors (Lipinski definition) is 4. The molecule has 1 saturated heterocycles. The molecule has 1 heterocycles. The fourth-order valence-electron chi connectivity index (χ4n) is 2.88. The smallest absolute Gasteiger partial charge is 0.310 e. The molecule has 0 radical (unpaired) electrons. The lowest BCUT2D eigenvalue weighted by molar-refractivity contribution is -0.150. The summed E-state index contributed by atoms with van der Waals surface area (Å²) < 4.78 is 10.4. The Morgan fingerprint density at radius 1 is 1.38 bits per heavy atom. The van der Waals surface area contributed by atoms with Crippen LogP contribution in [0.15, 0.2) is 24.3 Å². The lowest BCUT2D eigenvalue weighted by atomic mass is 9.98. The Morgan fingerprint density at radius 2 is 2.17 bits per heavy atom. The molecule has 1 atom stereocenters. The maximum Gasteiger partial charge on any atom is 0.310 e. The van der Waals surface area contributed by atoms with Crippen LogP contribution in [0.3, 0.4) is 0 Å².